The number of rotatable bonds is 7. The molecule has 6 rings (SSSR count). The first-order valence-electron chi connectivity index (χ1n) is 14.7. The Morgan fingerprint density at radius 3 is 2.50 bits per heavy atom. The van der Waals surface area contributed by atoms with E-state index in [1.54, 1.807) is 25.2 Å². The highest BCUT2D eigenvalue weighted by molar-refractivity contribution is 7.90. The van der Waals surface area contributed by atoms with Crippen molar-refractivity contribution in [3.05, 3.63) is 64.3 Å². The molecule has 1 atom stereocenters. The number of piperazine rings is 1. The molecule has 1 aromatic heterocycles. The van der Waals surface area contributed by atoms with Crippen molar-refractivity contribution in [2.24, 2.45) is 5.92 Å². The molecule has 1 N–H and O–H groups in total. The Bertz CT molecular complexity index is 1590. The third-order valence-corrected chi connectivity index (χ3v) is 10.9. The van der Waals surface area contributed by atoms with Gasteiger partial charge in [-0.25, -0.2) is 17.2 Å². The molecule has 0 unspecified atom stereocenters. The normalized spacial score (nSPS) is 22.5. The second kappa shape index (κ2) is 11.2. The van der Waals surface area contributed by atoms with E-state index in [0.717, 1.165) is 81.3 Å². The van der Waals surface area contributed by atoms with Crippen LogP contribution in [0.3, 0.4) is 0 Å². The van der Waals surface area contributed by atoms with Crippen LogP contribution in [0.4, 0.5) is 16.2 Å². The molecule has 12 heteroatoms. The number of benzene rings is 2. The molecule has 0 bridgehead atoms. The fraction of sp³-hybridized carbons (Fsp3) is 0.500. The van der Waals surface area contributed by atoms with Crippen LogP contribution in [-0.4, -0.2) is 85.5 Å². The fourth-order valence-electron chi connectivity index (χ4n) is 6.90. The van der Waals surface area contributed by atoms with Crippen LogP contribution >= 0.6 is 0 Å². The summed E-state index contributed by atoms with van der Waals surface area (Å²) in [5.41, 5.74) is 2.59. The number of carbonyl (C=O) groups is 1. The number of non-ortho nitro benzene ring substituents is 1. The van der Waals surface area contributed by atoms with Crippen molar-refractivity contribution in [1.29, 1.82) is 0 Å². The van der Waals surface area contributed by atoms with Gasteiger partial charge in [0.1, 0.15) is 0 Å². The predicted molar refractivity (Wildman–Crippen MR) is 161 cm³/mol. The molecule has 1 aliphatic carbocycles. The molecule has 2 aromatic carbocycles. The molecule has 1 saturated heterocycles. The summed E-state index contributed by atoms with van der Waals surface area (Å²) in [6.07, 6.45) is 8.03. The van der Waals surface area contributed by atoms with Crippen molar-refractivity contribution in [2.45, 2.75) is 55.5 Å². The summed E-state index contributed by atoms with van der Waals surface area (Å²) >= 11 is 0. The van der Waals surface area contributed by atoms with E-state index in [0.29, 0.717) is 11.4 Å². The number of urea groups is 1. The fourth-order valence-corrected chi connectivity index (χ4v) is 8.28. The van der Waals surface area contributed by atoms with Gasteiger partial charge < -0.3 is 15.1 Å². The van der Waals surface area contributed by atoms with Crippen LogP contribution in [0.2, 0.25) is 0 Å². The number of hydrogen-bond acceptors (Lipinski definition) is 7. The van der Waals surface area contributed by atoms with E-state index in [4.69, 9.17) is 0 Å². The number of nitrogens with one attached hydrogen (secondary N) is 1. The molecule has 224 valence electrons. The number of fused-ring (bicyclic) bond motifs is 2. The zero-order valence-corrected chi connectivity index (χ0v) is 24.9. The first-order valence-corrected chi connectivity index (χ1v) is 16.2. The van der Waals surface area contributed by atoms with Crippen LogP contribution in [0.15, 0.2) is 53.6 Å². The van der Waals surface area contributed by atoms with Crippen LogP contribution in [0, 0.1) is 16.0 Å². The van der Waals surface area contributed by atoms with Crippen molar-refractivity contribution in [2.75, 3.05) is 45.2 Å². The average Bonchev–Trinajstić information content (AvgIpc) is 3.37. The molecule has 1 saturated carbocycles. The van der Waals surface area contributed by atoms with Gasteiger partial charge in [0.15, 0.2) is 0 Å². The molecule has 3 heterocycles. The molecule has 11 nitrogen and oxygen atoms in total. The summed E-state index contributed by atoms with van der Waals surface area (Å²) in [4.78, 5) is 29.1. The third-order valence-electron chi connectivity index (χ3n) is 9.22. The maximum absolute atomic E-state index is 13.6. The van der Waals surface area contributed by atoms with Crippen molar-refractivity contribution in [3.63, 3.8) is 0 Å². The number of aromatic nitrogens is 1. The molecule has 2 aliphatic heterocycles. The van der Waals surface area contributed by atoms with Gasteiger partial charge in [0.05, 0.1) is 15.3 Å². The van der Waals surface area contributed by atoms with Crippen molar-refractivity contribution in [3.8, 4) is 0 Å². The number of amides is 2. The lowest BCUT2D eigenvalue weighted by atomic mass is 9.84. The van der Waals surface area contributed by atoms with Crippen LogP contribution < -0.4 is 10.2 Å². The Kier molecular flexibility index (Phi) is 7.61. The summed E-state index contributed by atoms with van der Waals surface area (Å²) in [7, 11) is -0.384. The van der Waals surface area contributed by atoms with Gasteiger partial charge in [-0.15, -0.1) is 0 Å². The van der Waals surface area contributed by atoms with Gasteiger partial charge in [-0.3, -0.25) is 15.0 Å². The van der Waals surface area contributed by atoms with Crippen molar-refractivity contribution in [1.82, 2.24) is 19.1 Å². The lowest BCUT2D eigenvalue weighted by molar-refractivity contribution is -0.384. The summed E-state index contributed by atoms with van der Waals surface area (Å²) in [6, 6.07) is 11.4. The van der Waals surface area contributed by atoms with Gasteiger partial charge in [-0.1, -0.05) is 6.07 Å². The maximum atomic E-state index is 13.6. The minimum absolute atomic E-state index is 0.0121. The minimum Gasteiger partial charge on any atom is -0.365 e. The molecule has 3 aliphatic rings. The van der Waals surface area contributed by atoms with E-state index in [2.05, 4.69) is 21.2 Å². The highest BCUT2D eigenvalue weighted by Crippen LogP contribution is 2.40. The quantitative estimate of drug-likeness (QED) is 0.324. The Balaban J connectivity index is 1.12. The van der Waals surface area contributed by atoms with Gasteiger partial charge in [-0.2, -0.15) is 0 Å². The van der Waals surface area contributed by atoms with Crippen molar-refractivity contribution >= 4 is 38.3 Å². The standard InChI is InChI=1S/C30H38N6O5S/c1-32(2)30(37)31-23-8-6-21(7-9-23)14-15-33-16-17-34-25(20-33)18-22-19-35(28-5-3-4-27(34)29(22)28)42(40,41)26-12-10-24(11-13-26)36(38)39/h3-5,10-13,19,21,23,25H,6-9,14-18,20H2,1-2H3,(H,31,37)/t21?,23?,25-/m1/s1. The zero-order valence-electron chi connectivity index (χ0n) is 24.1. The zero-order chi connectivity index (χ0) is 29.6. The second-order valence-corrected chi connectivity index (χ2v) is 13.9. The van der Waals surface area contributed by atoms with E-state index < -0.39 is 14.9 Å². The van der Waals surface area contributed by atoms with Gasteiger partial charge in [0.25, 0.3) is 15.7 Å². The van der Waals surface area contributed by atoms with E-state index in [-0.39, 0.29) is 28.7 Å². The predicted octanol–water partition coefficient (Wildman–Crippen LogP) is 4.05. The summed E-state index contributed by atoms with van der Waals surface area (Å²) in [5.74, 6) is 0.681. The van der Waals surface area contributed by atoms with E-state index in [1.807, 2.05) is 12.1 Å². The summed E-state index contributed by atoms with van der Waals surface area (Å²) in [5, 5.41) is 15.2. The summed E-state index contributed by atoms with van der Waals surface area (Å²) in [6.45, 7) is 3.85. The van der Waals surface area contributed by atoms with E-state index in [1.165, 1.54) is 28.2 Å². The van der Waals surface area contributed by atoms with Crippen LogP contribution in [0.5, 0.6) is 0 Å². The van der Waals surface area contributed by atoms with Gasteiger partial charge in [0, 0.05) is 75.2 Å². The SMILES string of the molecule is CN(C)C(=O)NC1CCC(CCN2CCN3c4cccc5c4c(cn5S(=O)(=O)c4ccc([N+](=O)[O-])cc4)C[C@@H]3C2)CC1. The largest absolute Gasteiger partial charge is 0.365 e. The number of hydrogen-bond donors (Lipinski definition) is 1. The second-order valence-electron chi connectivity index (χ2n) is 12.1. The number of nitrogens with zero attached hydrogens (tertiary/aromatic N) is 5. The third kappa shape index (κ3) is 5.33. The minimum atomic E-state index is -3.93. The number of anilines is 1. The highest BCUT2D eigenvalue weighted by Gasteiger charge is 2.35. The van der Waals surface area contributed by atoms with Gasteiger partial charge in [-0.05, 0) is 80.8 Å². The molecule has 42 heavy (non-hydrogen) atoms. The lowest BCUT2D eigenvalue weighted by Gasteiger charge is -2.45. The Labute approximate surface area is 246 Å². The topological polar surface area (TPSA) is 121 Å². The molecule has 2 amide bonds. The molecule has 0 radical (unpaired) electrons. The molecular formula is C30H38N6O5S. The monoisotopic (exact) mass is 594 g/mol. The van der Waals surface area contributed by atoms with E-state index in [9.17, 15) is 23.3 Å². The van der Waals surface area contributed by atoms with Crippen LogP contribution in [-0.2, 0) is 16.4 Å². The number of nitro benzene ring substituents is 1. The lowest BCUT2D eigenvalue weighted by Crippen LogP contribution is -2.55. The Hall–Kier alpha value is -3.64. The van der Waals surface area contributed by atoms with Gasteiger partial charge >= 0.3 is 6.03 Å². The van der Waals surface area contributed by atoms with E-state index >= 15 is 0 Å². The Morgan fingerprint density at radius 1 is 1.07 bits per heavy atom. The first-order chi connectivity index (χ1) is 20.1. The maximum Gasteiger partial charge on any atom is 0.317 e. The number of nitro groups is 1. The summed E-state index contributed by atoms with van der Waals surface area (Å²) < 4.78 is 28.6. The Morgan fingerprint density at radius 2 is 1.81 bits per heavy atom. The average molecular weight is 595 g/mol. The smallest absolute Gasteiger partial charge is 0.317 e. The highest BCUT2D eigenvalue weighted by atomic mass is 32.2. The van der Waals surface area contributed by atoms with Crippen molar-refractivity contribution < 1.29 is 18.1 Å². The first kappa shape index (κ1) is 28.5. The van der Waals surface area contributed by atoms with Crippen LogP contribution in [0.25, 0.3) is 10.9 Å². The van der Waals surface area contributed by atoms with Crippen LogP contribution in [0.1, 0.15) is 37.7 Å². The molecule has 0 spiro atoms. The molecular weight excluding hydrogens is 556 g/mol. The van der Waals surface area contributed by atoms with Gasteiger partial charge in [0.2, 0.25) is 0 Å². The number of carbonyl (C=O) groups excluding carboxylic acids is 1. The molecule has 3 aromatic rings. The molecule has 2 fully saturated rings.